The summed E-state index contributed by atoms with van der Waals surface area (Å²) in [7, 11) is 6.42. The van der Waals surface area contributed by atoms with Gasteiger partial charge >= 0.3 is 0 Å². The van der Waals surface area contributed by atoms with E-state index >= 15 is 0 Å². The van der Waals surface area contributed by atoms with Crippen LogP contribution in [0.4, 0.5) is 5.69 Å². The van der Waals surface area contributed by atoms with E-state index in [9.17, 15) is 14.7 Å². The standard InChI is InChI=1S/C25H33N3O6/c1-27(15-18-9-10-21(32-2)24(34-4)23(18)33-3)22(30)16-28-13-11-17(12-14-28)25(31)26-19-7-5-6-8-20(19)29/h5-10,17,29H,11-16H2,1-4H3,(H,26,31). The minimum Gasteiger partial charge on any atom is -0.506 e. The van der Waals surface area contributed by atoms with Crippen LogP contribution in [-0.4, -0.2) is 74.7 Å². The van der Waals surface area contributed by atoms with Crippen molar-refractivity contribution in [2.45, 2.75) is 19.4 Å². The predicted octanol–water partition coefficient (Wildman–Crippen LogP) is 2.73. The highest BCUT2D eigenvalue weighted by atomic mass is 16.5. The zero-order valence-corrected chi connectivity index (χ0v) is 20.2. The third kappa shape index (κ3) is 5.91. The lowest BCUT2D eigenvalue weighted by Gasteiger charge is -2.32. The number of para-hydroxylation sites is 2. The van der Waals surface area contributed by atoms with Crippen LogP contribution in [0.25, 0.3) is 0 Å². The molecule has 1 aliphatic heterocycles. The van der Waals surface area contributed by atoms with Crippen LogP contribution in [0.15, 0.2) is 36.4 Å². The summed E-state index contributed by atoms with van der Waals surface area (Å²) in [6, 6.07) is 10.3. The SMILES string of the molecule is COc1ccc(CN(C)C(=O)CN2CCC(C(=O)Nc3ccccc3O)CC2)c(OC)c1OC. The maximum absolute atomic E-state index is 12.9. The second-order valence-electron chi connectivity index (χ2n) is 8.30. The Balaban J connectivity index is 1.52. The molecule has 3 rings (SSSR count). The predicted molar refractivity (Wildman–Crippen MR) is 128 cm³/mol. The van der Waals surface area contributed by atoms with Crippen molar-refractivity contribution < 1.29 is 28.9 Å². The van der Waals surface area contributed by atoms with Crippen molar-refractivity contribution in [1.82, 2.24) is 9.80 Å². The number of hydrogen-bond acceptors (Lipinski definition) is 7. The molecule has 1 saturated heterocycles. The van der Waals surface area contributed by atoms with E-state index in [0.717, 1.165) is 5.56 Å². The number of aromatic hydroxyl groups is 1. The van der Waals surface area contributed by atoms with Gasteiger partial charge < -0.3 is 29.5 Å². The maximum Gasteiger partial charge on any atom is 0.236 e. The molecule has 0 atom stereocenters. The minimum absolute atomic E-state index is 0.0195. The Morgan fingerprint density at radius 2 is 1.71 bits per heavy atom. The summed E-state index contributed by atoms with van der Waals surface area (Å²) in [6.07, 6.45) is 1.31. The lowest BCUT2D eigenvalue weighted by Crippen LogP contribution is -2.43. The van der Waals surface area contributed by atoms with Crippen molar-refractivity contribution in [2.75, 3.05) is 53.3 Å². The van der Waals surface area contributed by atoms with Gasteiger partial charge in [0, 0.05) is 25.1 Å². The highest BCUT2D eigenvalue weighted by Crippen LogP contribution is 2.40. The van der Waals surface area contributed by atoms with Crippen LogP contribution in [-0.2, 0) is 16.1 Å². The number of carbonyl (C=O) groups excluding carboxylic acids is 2. The molecule has 9 nitrogen and oxygen atoms in total. The van der Waals surface area contributed by atoms with Crippen molar-refractivity contribution in [2.24, 2.45) is 5.92 Å². The first kappa shape index (κ1) is 25.2. The number of phenolic OH excluding ortho intramolecular Hbond substituents is 1. The lowest BCUT2D eigenvalue weighted by atomic mass is 9.95. The second kappa shape index (κ2) is 11.6. The molecule has 0 radical (unpaired) electrons. The smallest absolute Gasteiger partial charge is 0.236 e. The summed E-state index contributed by atoms with van der Waals surface area (Å²) in [6.45, 7) is 1.94. The number of methoxy groups -OCH3 is 3. The number of anilines is 1. The van der Waals surface area contributed by atoms with E-state index in [-0.39, 0.29) is 30.0 Å². The average molecular weight is 472 g/mol. The molecule has 0 bridgehead atoms. The van der Waals surface area contributed by atoms with E-state index < -0.39 is 0 Å². The molecule has 9 heteroatoms. The number of nitrogens with zero attached hydrogens (tertiary/aromatic N) is 2. The topological polar surface area (TPSA) is 101 Å². The van der Waals surface area contributed by atoms with E-state index in [1.54, 1.807) is 57.5 Å². The van der Waals surface area contributed by atoms with Crippen LogP contribution in [0.5, 0.6) is 23.0 Å². The second-order valence-corrected chi connectivity index (χ2v) is 8.30. The van der Waals surface area contributed by atoms with E-state index in [1.165, 1.54) is 6.07 Å². The number of likely N-dealkylation sites (N-methyl/N-ethyl adjacent to an activating group) is 1. The summed E-state index contributed by atoms with van der Waals surface area (Å²) >= 11 is 0. The Hall–Kier alpha value is -3.46. The first-order chi connectivity index (χ1) is 16.4. The molecule has 184 valence electrons. The van der Waals surface area contributed by atoms with Gasteiger partial charge in [0.2, 0.25) is 17.6 Å². The van der Waals surface area contributed by atoms with Crippen LogP contribution >= 0.6 is 0 Å². The van der Waals surface area contributed by atoms with E-state index in [0.29, 0.717) is 55.4 Å². The Bertz CT molecular complexity index is 1000. The van der Waals surface area contributed by atoms with Crippen molar-refractivity contribution in [3.8, 4) is 23.0 Å². The molecule has 1 aliphatic rings. The highest BCUT2D eigenvalue weighted by Gasteiger charge is 2.27. The lowest BCUT2D eigenvalue weighted by molar-refractivity contribution is -0.132. The molecule has 1 fully saturated rings. The molecule has 0 unspecified atom stereocenters. The summed E-state index contributed by atoms with van der Waals surface area (Å²) in [4.78, 5) is 29.2. The van der Waals surface area contributed by atoms with Gasteiger partial charge in [-0.1, -0.05) is 12.1 Å². The molecule has 2 amide bonds. The molecule has 2 aromatic carbocycles. The van der Waals surface area contributed by atoms with E-state index in [2.05, 4.69) is 10.2 Å². The number of benzene rings is 2. The van der Waals surface area contributed by atoms with Gasteiger partial charge in [0.15, 0.2) is 11.5 Å². The fourth-order valence-corrected chi connectivity index (χ4v) is 4.11. The molecule has 1 heterocycles. The van der Waals surface area contributed by atoms with Crippen LogP contribution in [0.2, 0.25) is 0 Å². The number of piperidine rings is 1. The molecule has 0 spiro atoms. The van der Waals surface area contributed by atoms with Gasteiger partial charge in [-0.05, 0) is 50.2 Å². The third-order valence-corrected chi connectivity index (χ3v) is 6.10. The number of phenols is 1. The third-order valence-electron chi connectivity index (χ3n) is 6.10. The number of carbonyl (C=O) groups is 2. The Labute approximate surface area is 200 Å². The number of likely N-dealkylation sites (tertiary alicyclic amines) is 1. The highest BCUT2D eigenvalue weighted by molar-refractivity contribution is 5.94. The molecule has 2 aromatic rings. The van der Waals surface area contributed by atoms with Crippen LogP contribution < -0.4 is 19.5 Å². The Kier molecular flexibility index (Phi) is 8.59. The summed E-state index contributed by atoms with van der Waals surface area (Å²) < 4.78 is 16.3. The number of amides is 2. The largest absolute Gasteiger partial charge is 0.506 e. The first-order valence-electron chi connectivity index (χ1n) is 11.2. The average Bonchev–Trinajstić information content (AvgIpc) is 2.85. The Morgan fingerprint density at radius 3 is 2.32 bits per heavy atom. The van der Waals surface area contributed by atoms with Crippen LogP contribution in [0.3, 0.4) is 0 Å². The molecular formula is C25H33N3O6. The molecule has 34 heavy (non-hydrogen) atoms. The van der Waals surface area contributed by atoms with Gasteiger partial charge in [-0.3, -0.25) is 14.5 Å². The molecule has 0 saturated carbocycles. The quantitative estimate of drug-likeness (QED) is 0.543. The fraction of sp³-hybridized carbons (Fsp3) is 0.440. The first-order valence-corrected chi connectivity index (χ1v) is 11.2. The number of ether oxygens (including phenoxy) is 3. The van der Waals surface area contributed by atoms with E-state index in [1.807, 2.05) is 6.07 Å². The zero-order chi connectivity index (χ0) is 24.7. The van der Waals surface area contributed by atoms with Gasteiger partial charge in [0.25, 0.3) is 0 Å². The molecule has 0 aromatic heterocycles. The number of hydrogen-bond donors (Lipinski definition) is 2. The van der Waals surface area contributed by atoms with Crippen molar-refractivity contribution in [3.05, 3.63) is 42.0 Å². The molecular weight excluding hydrogens is 438 g/mol. The van der Waals surface area contributed by atoms with Gasteiger partial charge in [-0.25, -0.2) is 0 Å². The van der Waals surface area contributed by atoms with Crippen LogP contribution in [0.1, 0.15) is 18.4 Å². The monoisotopic (exact) mass is 471 g/mol. The van der Waals surface area contributed by atoms with Gasteiger partial charge in [-0.2, -0.15) is 0 Å². The summed E-state index contributed by atoms with van der Waals surface area (Å²) in [5.41, 5.74) is 1.23. The van der Waals surface area contributed by atoms with E-state index in [4.69, 9.17) is 14.2 Å². The summed E-state index contributed by atoms with van der Waals surface area (Å²) in [5, 5.41) is 12.7. The zero-order valence-electron chi connectivity index (χ0n) is 20.2. The van der Waals surface area contributed by atoms with Gasteiger partial charge in [0.05, 0.1) is 33.6 Å². The number of nitrogens with one attached hydrogen (secondary N) is 1. The van der Waals surface area contributed by atoms with Crippen molar-refractivity contribution in [1.29, 1.82) is 0 Å². The number of rotatable bonds is 9. The maximum atomic E-state index is 12.9. The molecule has 2 N–H and O–H groups in total. The minimum atomic E-state index is -0.153. The normalized spacial score (nSPS) is 14.4. The molecule has 0 aliphatic carbocycles. The van der Waals surface area contributed by atoms with Crippen LogP contribution in [0, 0.1) is 5.92 Å². The Morgan fingerprint density at radius 1 is 1.03 bits per heavy atom. The fourth-order valence-electron chi connectivity index (χ4n) is 4.11. The van der Waals surface area contributed by atoms with Gasteiger partial charge in [-0.15, -0.1) is 0 Å². The van der Waals surface area contributed by atoms with Gasteiger partial charge in [0.1, 0.15) is 5.75 Å². The van der Waals surface area contributed by atoms with Crippen molar-refractivity contribution in [3.63, 3.8) is 0 Å². The summed E-state index contributed by atoms with van der Waals surface area (Å²) in [5.74, 6) is 1.36. The van der Waals surface area contributed by atoms with Crippen molar-refractivity contribution >= 4 is 17.5 Å².